The van der Waals surface area contributed by atoms with Gasteiger partial charge in [0.1, 0.15) is 0 Å². The molecule has 2 N–H and O–H groups in total. The molecule has 92 valence electrons. The predicted molar refractivity (Wildman–Crippen MR) is 59.2 cm³/mol. The molecule has 2 atom stereocenters. The lowest BCUT2D eigenvalue weighted by Crippen LogP contribution is -2.43. The van der Waals surface area contributed by atoms with Crippen LogP contribution in [0.2, 0.25) is 0 Å². The molecule has 0 amide bonds. The monoisotopic (exact) mass is 239 g/mol. The second-order valence-corrected chi connectivity index (χ2v) is 5.73. The third kappa shape index (κ3) is 5.46. The average molecular weight is 239 g/mol. The Balaban J connectivity index is 4.37. The minimum atomic E-state index is -3.43. The smallest absolute Gasteiger partial charge is 0.216 e. The van der Waals surface area contributed by atoms with E-state index in [2.05, 4.69) is 4.72 Å². The van der Waals surface area contributed by atoms with Crippen LogP contribution in [0.5, 0.6) is 0 Å². The number of sulfonamides is 1. The van der Waals surface area contributed by atoms with Gasteiger partial charge in [-0.2, -0.15) is 0 Å². The summed E-state index contributed by atoms with van der Waals surface area (Å²) in [5.74, 6) is 0. The summed E-state index contributed by atoms with van der Waals surface area (Å²) in [6.45, 7) is 3.43. The molecule has 0 radical (unpaired) electrons. The fourth-order valence-electron chi connectivity index (χ4n) is 1.17. The van der Waals surface area contributed by atoms with Crippen molar-refractivity contribution in [3.63, 3.8) is 0 Å². The molecule has 0 aromatic heterocycles. The Kier molecular flexibility index (Phi) is 7.08. The van der Waals surface area contributed by atoms with Crippen molar-refractivity contribution >= 4 is 10.0 Å². The normalized spacial score (nSPS) is 16.3. The van der Waals surface area contributed by atoms with Crippen LogP contribution in [-0.4, -0.2) is 45.1 Å². The molecular weight excluding hydrogens is 218 g/mol. The highest BCUT2D eigenvalue weighted by Gasteiger charge is 2.23. The molecule has 0 aromatic rings. The van der Waals surface area contributed by atoms with Crippen molar-refractivity contribution in [3.8, 4) is 0 Å². The molecular formula is C9H21NO4S. The Bertz CT molecular complexity index is 247. The van der Waals surface area contributed by atoms with E-state index in [1.54, 1.807) is 0 Å². The van der Waals surface area contributed by atoms with E-state index in [1.165, 1.54) is 14.0 Å². The Morgan fingerprint density at radius 1 is 1.47 bits per heavy atom. The van der Waals surface area contributed by atoms with E-state index in [0.717, 1.165) is 12.8 Å². The standard InChI is InChI=1S/C9H21NO4S/c1-4-5-9(7-14-3)10-15(12,13)8(2)6-11/h8-11H,4-7H2,1-3H3. The molecule has 2 unspecified atom stereocenters. The van der Waals surface area contributed by atoms with Crippen molar-refractivity contribution in [2.75, 3.05) is 20.3 Å². The van der Waals surface area contributed by atoms with Crippen molar-refractivity contribution < 1.29 is 18.3 Å². The lowest BCUT2D eigenvalue weighted by atomic mass is 10.2. The molecule has 0 fully saturated rings. The Morgan fingerprint density at radius 2 is 2.07 bits per heavy atom. The van der Waals surface area contributed by atoms with Crippen molar-refractivity contribution in [2.24, 2.45) is 0 Å². The van der Waals surface area contributed by atoms with Crippen LogP contribution >= 0.6 is 0 Å². The maximum absolute atomic E-state index is 11.6. The summed E-state index contributed by atoms with van der Waals surface area (Å²) in [7, 11) is -1.90. The number of hydrogen-bond donors (Lipinski definition) is 2. The summed E-state index contributed by atoms with van der Waals surface area (Å²) < 4.78 is 30.6. The number of aliphatic hydroxyl groups is 1. The van der Waals surface area contributed by atoms with Gasteiger partial charge < -0.3 is 9.84 Å². The number of methoxy groups -OCH3 is 1. The van der Waals surface area contributed by atoms with Gasteiger partial charge in [-0.3, -0.25) is 0 Å². The van der Waals surface area contributed by atoms with E-state index in [9.17, 15) is 8.42 Å². The first-order valence-electron chi connectivity index (χ1n) is 5.08. The van der Waals surface area contributed by atoms with Gasteiger partial charge in [-0.05, 0) is 13.3 Å². The van der Waals surface area contributed by atoms with E-state index in [1.807, 2.05) is 6.92 Å². The van der Waals surface area contributed by atoms with Crippen molar-refractivity contribution in [1.29, 1.82) is 0 Å². The van der Waals surface area contributed by atoms with Crippen LogP contribution in [0.3, 0.4) is 0 Å². The molecule has 0 aliphatic heterocycles. The van der Waals surface area contributed by atoms with Crippen molar-refractivity contribution in [2.45, 2.75) is 38.0 Å². The molecule has 0 rings (SSSR count). The molecule has 6 heteroatoms. The van der Waals surface area contributed by atoms with Crippen LogP contribution in [0.25, 0.3) is 0 Å². The maximum Gasteiger partial charge on any atom is 0.216 e. The van der Waals surface area contributed by atoms with E-state index in [0.29, 0.717) is 6.61 Å². The zero-order valence-electron chi connectivity index (χ0n) is 9.56. The lowest BCUT2D eigenvalue weighted by Gasteiger charge is -2.19. The second kappa shape index (κ2) is 7.16. The topological polar surface area (TPSA) is 75.6 Å². The lowest BCUT2D eigenvalue weighted by molar-refractivity contribution is 0.170. The summed E-state index contributed by atoms with van der Waals surface area (Å²) >= 11 is 0. The molecule has 0 aliphatic rings. The van der Waals surface area contributed by atoms with Crippen LogP contribution in [0.15, 0.2) is 0 Å². The van der Waals surface area contributed by atoms with Gasteiger partial charge in [0.25, 0.3) is 0 Å². The SMILES string of the molecule is CCCC(COC)NS(=O)(=O)C(C)CO. The van der Waals surface area contributed by atoms with Gasteiger partial charge >= 0.3 is 0 Å². The first-order valence-corrected chi connectivity index (χ1v) is 6.63. The van der Waals surface area contributed by atoms with Crippen LogP contribution in [-0.2, 0) is 14.8 Å². The molecule has 15 heavy (non-hydrogen) atoms. The highest BCUT2D eigenvalue weighted by Crippen LogP contribution is 2.03. The van der Waals surface area contributed by atoms with E-state index < -0.39 is 15.3 Å². The van der Waals surface area contributed by atoms with Gasteiger partial charge in [-0.1, -0.05) is 13.3 Å². The van der Waals surface area contributed by atoms with E-state index >= 15 is 0 Å². The minimum Gasteiger partial charge on any atom is -0.395 e. The van der Waals surface area contributed by atoms with Gasteiger partial charge in [0.2, 0.25) is 10.0 Å². The van der Waals surface area contributed by atoms with E-state index in [4.69, 9.17) is 9.84 Å². The number of rotatable bonds is 8. The molecule has 0 aliphatic carbocycles. The molecule has 0 bridgehead atoms. The minimum absolute atomic E-state index is 0.209. The highest BCUT2D eigenvalue weighted by molar-refractivity contribution is 7.90. The summed E-state index contributed by atoms with van der Waals surface area (Å²) in [6, 6.07) is -0.209. The zero-order chi connectivity index (χ0) is 11.9. The van der Waals surface area contributed by atoms with Gasteiger partial charge in [0, 0.05) is 13.2 Å². The molecule has 5 nitrogen and oxygen atoms in total. The third-order valence-electron chi connectivity index (χ3n) is 2.12. The number of aliphatic hydroxyl groups excluding tert-OH is 1. The van der Waals surface area contributed by atoms with E-state index in [-0.39, 0.29) is 12.6 Å². The van der Waals surface area contributed by atoms with Crippen LogP contribution in [0.1, 0.15) is 26.7 Å². The maximum atomic E-state index is 11.6. The molecule has 0 saturated heterocycles. The average Bonchev–Trinajstić information content (AvgIpc) is 2.16. The van der Waals surface area contributed by atoms with Crippen molar-refractivity contribution in [3.05, 3.63) is 0 Å². The first-order chi connectivity index (χ1) is 6.97. The van der Waals surface area contributed by atoms with Crippen LogP contribution < -0.4 is 4.72 Å². The molecule has 0 saturated carbocycles. The fourth-order valence-corrected chi connectivity index (χ4v) is 2.25. The summed E-state index contributed by atoms with van der Waals surface area (Å²) in [5, 5.41) is 8.01. The second-order valence-electron chi connectivity index (χ2n) is 3.60. The summed E-state index contributed by atoms with van der Waals surface area (Å²) in [5.41, 5.74) is 0. The van der Waals surface area contributed by atoms with Crippen LogP contribution in [0.4, 0.5) is 0 Å². The predicted octanol–water partition coefficient (Wildman–Crippen LogP) is 0.102. The Morgan fingerprint density at radius 3 is 2.47 bits per heavy atom. The highest BCUT2D eigenvalue weighted by atomic mass is 32.2. The van der Waals surface area contributed by atoms with Gasteiger partial charge in [0.05, 0.1) is 18.5 Å². The van der Waals surface area contributed by atoms with Crippen molar-refractivity contribution in [1.82, 2.24) is 4.72 Å². The first kappa shape index (κ1) is 14.8. The molecule has 0 spiro atoms. The molecule has 0 heterocycles. The zero-order valence-corrected chi connectivity index (χ0v) is 10.4. The van der Waals surface area contributed by atoms with Crippen LogP contribution in [0, 0.1) is 0 Å². The van der Waals surface area contributed by atoms with Gasteiger partial charge in [-0.25, -0.2) is 13.1 Å². The molecule has 0 aromatic carbocycles. The van der Waals surface area contributed by atoms with Gasteiger partial charge in [0.15, 0.2) is 0 Å². The van der Waals surface area contributed by atoms with Gasteiger partial charge in [-0.15, -0.1) is 0 Å². The number of hydrogen-bond acceptors (Lipinski definition) is 4. The Hall–Kier alpha value is -0.170. The Labute approximate surface area is 91.9 Å². The third-order valence-corrected chi connectivity index (χ3v) is 3.99. The largest absolute Gasteiger partial charge is 0.395 e. The quantitative estimate of drug-likeness (QED) is 0.630. The fraction of sp³-hybridized carbons (Fsp3) is 1.00. The number of nitrogens with one attached hydrogen (secondary N) is 1. The summed E-state index contributed by atoms with van der Waals surface area (Å²) in [6.07, 6.45) is 1.61. The number of ether oxygens (including phenoxy) is 1. The summed E-state index contributed by atoms with van der Waals surface area (Å²) in [4.78, 5) is 0.